The summed E-state index contributed by atoms with van der Waals surface area (Å²) in [6.07, 6.45) is 1.80. The van der Waals surface area contributed by atoms with Crippen molar-refractivity contribution < 1.29 is 4.79 Å². The molecule has 2 aromatic carbocycles. The summed E-state index contributed by atoms with van der Waals surface area (Å²) in [5.74, 6) is 0.934. The molecule has 7 heteroatoms. The number of amides is 1. The molecule has 0 aliphatic heterocycles. The normalized spacial score (nSPS) is 10.6. The smallest absolute Gasteiger partial charge is 0.234 e. The number of hydrogen-bond donors (Lipinski definition) is 1. The molecule has 3 aromatic rings. The number of hydrogen-bond acceptors (Lipinski definition) is 5. The van der Waals surface area contributed by atoms with Gasteiger partial charge in [-0.1, -0.05) is 35.5 Å². The van der Waals surface area contributed by atoms with Crippen LogP contribution in [0.4, 0.5) is 11.4 Å². The first-order chi connectivity index (χ1) is 14.0. The third-order valence-corrected chi connectivity index (χ3v) is 5.30. The lowest BCUT2D eigenvalue weighted by Crippen LogP contribution is -2.14. The van der Waals surface area contributed by atoms with Crippen molar-refractivity contribution in [3.63, 3.8) is 0 Å². The van der Waals surface area contributed by atoms with E-state index in [2.05, 4.69) is 22.1 Å². The van der Waals surface area contributed by atoms with Crippen LogP contribution in [0.1, 0.15) is 5.56 Å². The fourth-order valence-electron chi connectivity index (χ4n) is 2.78. The van der Waals surface area contributed by atoms with E-state index in [9.17, 15) is 4.79 Å². The van der Waals surface area contributed by atoms with E-state index >= 15 is 0 Å². The minimum absolute atomic E-state index is 0.0797. The molecule has 0 radical (unpaired) electrons. The maximum atomic E-state index is 12.3. The molecule has 0 aliphatic carbocycles. The third-order valence-electron chi connectivity index (χ3n) is 4.34. The summed E-state index contributed by atoms with van der Waals surface area (Å²) in [5, 5.41) is 12.2. The Hall–Kier alpha value is -3.06. The highest BCUT2D eigenvalue weighted by Gasteiger charge is 2.15. The average Bonchev–Trinajstić information content (AvgIpc) is 3.11. The van der Waals surface area contributed by atoms with Gasteiger partial charge >= 0.3 is 0 Å². The Morgan fingerprint density at radius 3 is 2.45 bits per heavy atom. The first kappa shape index (κ1) is 20.7. The van der Waals surface area contributed by atoms with Crippen LogP contribution < -0.4 is 10.2 Å². The third kappa shape index (κ3) is 5.26. The Kier molecular flexibility index (Phi) is 6.72. The average molecular weight is 408 g/mol. The van der Waals surface area contributed by atoms with Gasteiger partial charge in [0.15, 0.2) is 11.0 Å². The van der Waals surface area contributed by atoms with Crippen molar-refractivity contribution in [2.75, 3.05) is 30.1 Å². The van der Waals surface area contributed by atoms with E-state index in [0.717, 1.165) is 28.3 Å². The van der Waals surface area contributed by atoms with Gasteiger partial charge in [-0.15, -0.1) is 16.8 Å². The molecule has 1 heterocycles. The Balaban J connectivity index is 1.71. The minimum Gasteiger partial charge on any atom is -0.378 e. The number of carbonyl (C=O) groups is 1. The molecular weight excluding hydrogens is 382 g/mol. The molecule has 0 aliphatic rings. The molecule has 0 saturated heterocycles. The van der Waals surface area contributed by atoms with Gasteiger partial charge in [0.2, 0.25) is 5.91 Å². The van der Waals surface area contributed by atoms with Crippen LogP contribution in [0.3, 0.4) is 0 Å². The van der Waals surface area contributed by atoms with Crippen LogP contribution >= 0.6 is 11.8 Å². The van der Waals surface area contributed by atoms with Crippen LogP contribution in [0.5, 0.6) is 0 Å². The van der Waals surface area contributed by atoms with Gasteiger partial charge in [-0.25, -0.2) is 0 Å². The first-order valence-corrected chi connectivity index (χ1v) is 10.3. The summed E-state index contributed by atoms with van der Waals surface area (Å²) in [6, 6.07) is 15.9. The summed E-state index contributed by atoms with van der Waals surface area (Å²) in [5.41, 5.74) is 4.03. The monoisotopic (exact) mass is 407 g/mol. The van der Waals surface area contributed by atoms with Crippen molar-refractivity contribution in [2.45, 2.75) is 18.6 Å². The van der Waals surface area contributed by atoms with Gasteiger partial charge in [0.25, 0.3) is 0 Å². The number of anilines is 2. The molecule has 1 aromatic heterocycles. The van der Waals surface area contributed by atoms with Crippen molar-refractivity contribution in [3.05, 3.63) is 66.7 Å². The van der Waals surface area contributed by atoms with Crippen molar-refractivity contribution in [1.82, 2.24) is 14.8 Å². The lowest BCUT2D eigenvalue weighted by atomic mass is 10.2. The topological polar surface area (TPSA) is 63.1 Å². The number of nitrogens with zero attached hydrogens (tertiary/aromatic N) is 4. The van der Waals surface area contributed by atoms with Crippen molar-refractivity contribution >= 4 is 29.0 Å². The quantitative estimate of drug-likeness (QED) is 0.447. The Labute approximate surface area is 175 Å². The molecule has 3 rings (SSSR count). The summed E-state index contributed by atoms with van der Waals surface area (Å²) in [4.78, 5) is 14.4. The fourth-order valence-corrected chi connectivity index (χ4v) is 3.52. The number of rotatable bonds is 8. The fraction of sp³-hybridized carbons (Fsp3) is 0.227. The van der Waals surface area contributed by atoms with Crippen molar-refractivity contribution in [2.24, 2.45) is 0 Å². The molecule has 1 N–H and O–H groups in total. The maximum Gasteiger partial charge on any atom is 0.234 e. The van der Waals surface area contributed by atoms with Gasteiger partial charge in [-0.2, -0.15) is 0 Å². The van der Waals surface area contributed by atoms with E-state index < -0.39 is 0 Å². The molecule has 0 spiro atoms. The molecule has 0 saturated carbocycles. The summed E-state index contributed by atoms with van der Waals surface area (Å²) >= 11 is 1.36. The largest absolute Gasteiger partial charge is 0.378 e. The summed E-state index contributed by atoms with van der Waals surface area (Å²) in [6.45, 7) is 6.42. The zero-order valence-corrected chi connectivity index (χ0v) is 17.7. The SMILES string of the molecule is C=CCn1c(SCC(=O)Nc2ccc(C)cc2)nnc1-c1ccc(N(C)C)cc1. The Bertz CT molecular complexity index is 977. The second-order valence-electron chi connectivity index (χ2n) is 6.85. The van der Waals surface area contributed by atoms with Crippen LogP contribution in [0.2, 0.25) is 0 Å². The van der Waals surface area contributed by atoms with E-state index in [4.69, 9.17) is 0 Å². The van der Waals surface area contributed by atoms with E-state index in [1.54, 1.807) is 6.08 Å². The van der Waals surface area contributed by atoms with Crippen LogP contribution in [-0.4, -0.2) is 40.5 Å². The van der Waals surface area contributed by atoms with Gasteiger partial charge in [-0.05, 0) is 43.3 Å². The Morgan fingerprint density at radius 2 is 1.83 bits per heavy atom. The second kappa shape index (κ2) is 9.43. The van der Waals surface area contributed by atoms with Crippen molar-refractivity contribution in [1.29, 1.82) is 0 Å². The second-order valence-corrected chi connectivity index (χ2v) is 7.79. The number of thioether (sulfide) groups is 1. The molecule has 29 heavy (non-hydrogen) atoms. The lowest BCUT2D eigenvalue weighted by Gasteiger charge is -2.13. The van der Waals surface area contributed by atoms with E-state index in [0.29, 0.717) is 11.7 Å². The number of carbonyl (C=O) groups excluding carboxylic acids is 1. The zero-order valence-electron chi connectivity index (χ0n) is 16.9. The van der Waals surface area contributed by atoms with Gasteiger partial charge in [0.05, 0.1) is 5.75 Å². The van der Waals surface area contributed by atoms with E-state index in [1.807, 2.05) is 79.0 Å². The highest BCUT2D eigenvalue weighted by atomic mass is 32.2. The Morgan fingerprint density at radius 1 is 1.14 bits per heavy atom. The van der Waals surface area contributed by atoms with Crippen LogP contribution in [0.25, 0.3) is 11.4 Å². The predicted octanol–water partition coefficient (Wildman–Crippen LogP) is 4.24. The zero-order chi connectivity index (χ0) is 20.8. The maximum absolute atomic E-state index is 12.3. The van der Waals surface area contributed by atoms with E-state index in [1.165, 1.54) is 11.8 Å². The van der Waals surface area contributed by atoms with Gasteiger partial charge in [-0.3, -0.25) is 9.36 Å². The minimum atomic E-state index is -0.0797. The molecule has 0 atom stereocenters. The highest BCUT2D eigenvalue weighted by Crippen LogP contribution is 2.26. The van der Waals surface area contributed by atoms with Gasteiger partial charge in [0.1, 0.15) is 0 Å². The molecular formula is C22H25N5OS. The lowest BCUT2D eigenvalue weighted by molar-refractivity contribution is -0.113. The number of nitrogens with one attached hydrogen (secondary N) is 1. The van der Waals surface area contributed by atoms with E-state index in [-0.39, 0.29) is 11.7 Å². The molecule has 0 fully saturated rings. The number of allylic oxidation sites excluding steroid dienone is 1. The molecule has 150 valence electrons. The van der Waals surface area contributed by atoms with Crippen LogP contribution in [0, 0.1) is 6.92 Å². The first-order valence-electron chi connectivity index (χ1n) is 9.29. The van der Waals surface area contributed by atoms with Crippen LogP contribution in [-0.2, 0) is 11.3 Å². The molecule has 0 unspecified atom stereocenters. The molecule has 1 amide bonds. The van der Waals surface area contributed by atoms with Crippen molar-refractivity contribution in [3.8, 4) is 11.4 Å². The number of aryl methyl sites for hydroxylation is 1. The molecule has 6 nitrogen and oxygen atoms in total. The van der Waals surface area contributed by atoms with Crippen LogP contribution in [0.15, 0.2) is 66.3 Å². The number of benzene rings is 2. The number of aromatic nitrogens is 3. The van der Waals surface area contributed by atoms with Gasteiger partial charge in [0, 0.05) is 37.6 Å². The summed E-state index contributed by atoms with van der Waals surface area (Å²) < 4.78 is 1.97. The highest BCUT2D eigenvalue weighted by molar-refractivity contribution is 7.99. The molecule has 0 bridgehead atoms. The van der Waals surface area contributed by atoms with Gasteiger partial charge < -0.3 is 10.2 Å². The summed E-state index contributed by atoms with van der Waals surface area (Å²) in [7, 11) is 4.01. The predicted molar refractivity (Wildman–Crippen MR) is 121 cm³/mol. The standard InChI is InChI=1S/C22H25N5OS/c1-5-14-27-21(17-8-12-19(13-9-17)26(3)4)24-25-22(27)29-15-20(28)23-18-10-6-16(2)7-11-18/h5-13H,1,14-15H2,2-4H3,(H,23,28).